The van der Waals surface area contributed by atoms with E-state index in [1.54, 1.807) is 11.4 Å². The van der Waals surface area contributed by atoms with E-state index in [0.29, 0.717) is 23.2 Å². The minimum Gasteiger partial charge on any atom is -0.326 e. The number of rotatable bonds is 5. The predicted molar refractivity (Wildman–Crippen MR) is 72.8 cm³/mol. The molecule has 0 radical (unpaired) electrons. The van der Waals surface area contributed by atoms with Crippen molar-refractivity contribution in [2.24, 2.45) is 11.7 Å². The average molecular weight is 292 g/mol. The van der Waals surface area contributed by atoms with E-state index in [0.717, 1.165) is 23.5 Å². The van der Waals surface area contributed by atoms with E-state index in [2.05, 4.69) is 4.72 Å². The number of sulfonamides is 1. The van der Waals surface area contributed by atoms with Crippen LogP contribution in [0, 0.1) is 5.92 Å². The molecule has 2 heterocycles. The second-order valence-corrected chi connectivity index (χ2v) is 8.11. The van der Waals surface area contributed by atoms with Crippen molar-refractivity contribution in [3.05, 3.63) is 17.0 Å². The molecule has 3 N–H and O–H groups in total. The zero-order valence-corrected chi connectivity index (χ0v) is 11.8. The molecule has 0 bridgehead atoms. The minimum atomic E-state index is -3.33. The molecular weight excluding hydrogens is 276 g/mol. The van der Waals surface area contributed by atoms with Crippen LogP contribution in [0.15, 0.2) is 15.7 Å². The molecule has 1 aliphatic heterocycles. The van der Waals surface area contributed by atoms with Crippen molar-refractivity contribution >= 4 is 33.1 Å². The maximum atomic E-state index is 12.0. The molecule has 1 aromatic heterocycles. The fraction of sp³-hybridized carbons (Fsp3) is 0.600. The maximum Gasteiger partial charge on any atom is 0.250 e. The highest BCUT2D eigenvalue weighted by atomic mass is 32.2. The average Bonchev–Trinajstić information content (AvgIpc) is 2.98. The van der Waals surface area contributed by atoms with Gasteiger partial charge < -0.3 is 5.73 Å². The minimum absolute atomic E-state index is 0.364. The number of hydrogen-bond donors (Lipinski definition) is 2. The molecule has 0 aliphatic carbocycles. The molecule has 0 spiro atoms. The summed E-state index contributed by atoms with van der Waals surface area (Å²) in [5.74, 6) is 2.67. The highest BCUT2D eigenvalue weighted by molar-refractivity contribution is 7.99. The van der Waals surface area contributed by atoms with Crippen molar-refractivity contribution < 1.29 is 8.42 Å². The smallest absolute Gasteiger partial charge is 0.250 e. The molecule has 1 fully saturated rings. The Kier molecular flexibility index (Phi) is 4.48. The lowest BCUT2D eigenvalue weighted by Gasteiger charge is -2.09. The third-order valence-electron chi connectivity index (χ3n) is 2.72. The summed E-state index contributed by atoms with van der Waals surface area (Å²) in [6, 6.07) is 1.65. The van der Waals surface area contributed by atoms with Crippen molar-refractivity contribution in [1.82, 2.24) is 4.72 Å². The zero-order chi connectivity index (χ0) is 12.3. The van der Waals surface area contributed by atoms with Gasteiger partial charge in [-0.3, -0.25) is 0 Å². The second kappa shape index (κ2) is 5.71. The summed E-state index contributed by atoms with van der Waals surface area (Å²) in [6.07, 6.45) is 1.10. The number of hydrogen-bond acceptors (Lipinski definition) is 5. The van der Waals surface area contributed by atoms with Crippen LogP contribution in [0.4, 0.5) is 0 Å². The van der Waals surface area contributed by atoms with E-state index < -0.39 is 10.0 Å². The molecule has 1 unspecified atom stereocenters. The Bertz CT molecular complexity index is 464. The van der Waals surface area contributed by atoms with Gasteiger partial charge >= 0.3 is 0 Å². The Labute approximate surface area is 110 Å². The third-order valence-corrected chi connectivity index (χ3v) is 6.86. The molecule has 0 saturated carbocycles. The van der Waals surface area contributed by atoms with E-state index in [4.69, 9.17) is 5.73 Å². The summed E-state index contributed by atoms with van der Waals surface area (Å²) in [6.45, 7) is 0.927. The van der Waals surface area contributed by atoms with Gasteiger partial charge in [0.1, 0.15) is 4.21 Å². The molecule has 0 amide bonds. The highest BCUT2D eigenvalue weighted by Crippen LogP contribution is 2.24. The van der Waals surface area contributed by atoms with Crippen LogP contribution in [0.1, 0.15) is 12.0 Å². The first-order chi connectivity index (χ1) is 8.12. The van der Waals surface area contributed by atoms with E-state index in [9.17, 15) is 8.42 Å². The van der Waals surface area contributed by atoms with Gasteiger partial charge in [0.15, 0.2) is 0 Å². The van der Waals surface area contributed by atoms with Gasteiger partial charge in [0.25, 0.3) is 0 Å². The predicted octanol–water partition coefficient (Wildman–Crippen LogP) is 1.24. The summed E-state index contributed by atoms with van der Waals surface area (Å²) in [5.41, 5.74) is 6.34. The topological polar surface area (TPSA) is 72.2 Å². The van der Waals surface area contributed by atoms with Crippen LogP contribution >= 0.6 is 23.1 Å². The normalized spacial score (nSPS) is 20.9. The third kappa shape index (κ3) is 3.45. The molecule has 1 aliphatic rings. The molecule has 0 aromatic carbocycles. The Morgan fingerprint density at radius 2 is 2.35 bits per heavy atom. The van der Waals surface area contributed by atoms with Gasteiger partial charge in [-0.25, -0.2) is 13.1 Å². The zero-order valence-electron chi connectivity index (χ0n) is 9.39. The van der Waals surface area contributed by atoms with Gasteiger partial charge in [0.05, 0.1) is 0 Å². The Morgan fingerprint density at radius 3 is 2.94 bits per heavy atom. The van der Waals surface area contributed by atoms with Crippen LogP contribution in [0.3, 0.4) is 0 Å². The highest BCUT2D eigenvalue weighted by Gasteiger charge is 2.21. The van der Waals surface area contributed by atoms with Crippen molar-refractivity contribution in [2.45, 2.75) is 17.2 Å². The summed E-state index contributed by atoms with van der Waals surface area (Å²) >= 11 is 3.12. The van der Waals surface area contributed by atoms with Gasteiger partial charge in [-0.1, -0.05) is 0 Å². The van der Waals surface area contributed by atoms with Crippen LogP contribution in [-0.4, -0.2) is 26.5 Å². The second-order valence-electron chi connectivity index (χ2n) is 4.06. The van der Waals surface area contributed by atoms with Gasteiger partial charge in [-0.05, 0) is 40.9 Å². The lowest BCUT2D eigenvalue weighted by Crippen LogP contribution is -2.28. The van der Waals surface area contributed by atoms with Crippen LogP contribution in [0.2, 0.25) is 0 Å². The summed E-state index contributed by atoms with van der Waals surface area (Å²) in [4.78, 5) is 0. The van der Waals surface area contributed by atoms with Crippen molar-refractivity contribution in [3.8, 4) is 0 Å². The van der Waals surface area contributed by atoms with Crippen LogP contribution in [0.5, 0.6) is 0 Å². The molecule has 1 aromatic rings. The maximum absolute atomic E-state index is 12.0. The monoisotopic (exact) mass is 292 g/mol. The van der Waals surface area contributed by atoms with Crippen molar-refractivity contribution in [2.75, 3.05) is 18.1 Å². The Hall–Kier alpha value is -0.0800. The molecule has 17 heavy (non-hydrogen) atoms. The van der Waals surface area contributed by atoms with E-state index >= 15 is 0 Å². The van der Waals surface area contributed by atoms with Crippen LogP contribution in [0.25, 0.3) is 0 Å². The molecule has 7 heteroatoms. The summed E-state index contributed by atoms with van der Waals surface area (Å²) in [7, 11) is -3.33. The number of nitrogens with one attached hydrogen (secondary N) is 1. The van der Waals surface area contributed by atoms with Gasteiger partial charge in [0.2, 0.25) is 10.0 Å². The quantitative estimate of drug-likeness (QED) is 0.856. The lowest BCUT2D eigenvalue weighted by atomic mass is 10.1. The van der Waals surface area contributed by atoms with Gasteiger partial charge in [-0.2, -0.15) is 11.8 Å². The molecule has 96 valence electrons. The molecule has 4 nitrogen and oxygen atoms in total. The fourth-order valence-corrected chi connectivity index (χ4v) is 5.31. The van der Waals surface area contributed by atoms with Crippen LogP contribution < -0.4 is 10.5 Å². The lowest BCUT2D eigenvalue weighted by molar-refractivity contribution is 0.547. The Morgan fingerprint density at radius 1 is 1.53 bits per heavy atom. The largest absolute Gasteiger partial charge is 0.326 e. The first-order valence-electron chi connectivity index (χ1n) is 5.46. The van der Waals surface area contributed by atoms with Crippen LogP contribution in [-0.2, 0) is 16.6 Å². The van der Waals surface area contributed by atoms with Gasteiger partial charge in [-0.15, -0.1) is 11.3 Å². The molecule has 1 saturated heterocycles. The Balaban J connectivity index is 1.97. The number of thioether (sulfide) groups is 1. The summed E-state index contributed by atoms with van der Waals surface area (Å²) in [5, 5.41) is 1.79. The molecule has 2 rings (SSSR count). The van der Waals surface area contributed by atoms with E-state index in [1.165, 1.54) is 11.3 Å². The number of nitrogens with two attached hydrogens (primary N) is 1. The van der Waals surface area contributed by atoms with E-state index in [-0.39, 0.29) is 0 Å². The summed E-state index contributed by atoms with van der Waals surface area (Å²) < 4.78 is 27.0. The first-order valence-corrected chi connectivity index (χ1v) is 8.98. The molecular formula is C10H16N2O2S3. The van der Waals surface area contributed by atoms with Crippen molar-refractivity contribution in [3.63, 3.8) is 0 Å². The van der Waals surface area contributed by atoms with Gasteiger partial charge in [0, 0.05) is 13.1 Å². The van der Waals surface area contributed by atoms with Crippen molar-refractivity contribution in [1.29, 1.82) is 0 Å². The molecule has 1 atom stereocenters. The van der Waals surface area contributed by atoms with E-state index in [1.807, 2.05) is 11.8 Å². The SMILES string of the molecule is NCc1csc(S(=O)(=O)NCC2CCSC2)c1. The fourth-order valence-electron chi connectivity index (χ4n) is 1.64. The first kappa shape index (κ1) is 13.4. The standard InChI is InChI=1S/C10H16N2O2S3/c11-4-9-3-10(16-7-9)17(13,14)12-5-8-1-2-15-6-8/h3,7-8,12H,1-2,4-6,11H2. The number of thiophene rings is 1.